The topological polar surface area (TPSA) is 26.3 Å². The second-order valence-electron chi connectivity index (χ2n) is 7.10. The molecule has 0 aromatic heterocycles. The van der Waals surface area contributed by atoms with Crippen LogP contribution in [0.25, 0.3) is 0 Å². The summed E-state index contributed by atoms with van der Waals surface area (Å²) in [6.07, 6.45) is 19.6. The van der Waals surface area contributed by atoms with Crippen LogP contribution in [0, 0.1) is 5.41 Å². The molecule has 1 aliphatic rings. The number of rotatable bonds is 8. The summed E-state index contributed by atoms with van der Waals surface area (Å²) in [5, 5.41) is 0. The molecule has 0 bridgehead atoms. The van der Waals surface area contributed by atoms with Crippen LogP contribution < -0.4 is 0 Å². The number of carbonyl (C=O) groups excluding carboxylic acids is 1. The molecular weight excluding hydrogens is 272 g/mol. The van der Waals surface area contributed by atoms with Gasteiger partial charge in [-0.1, -0.05) is 84.1 Å². The van der Waals surface area contributed by atoms with Crippen molar-refractivity contribution in [3.63, 3.8) is 0 Å². The van der Waals surface area contributed by atoms with E-state index in [0.29, 0.717) is 6.61 Å². The Labute approximate surface area is 137 Å². The van der Waals surface area contributed by atoms with Crippen molar-refractivity contribution in [2.75, 3.05) is 6.61 Å². The summed E-state index contributed by atoms with van der Waals surface area (Å²) in [6, 6.07) is 0. The lowest BCUT2D eigenvalue weighted by Crippen LogP contribution is -2.29. The van der Waals surface area contributed by atoms with Gasteiger partial charge in [0.1, 0.15) is 0 Å². The second kappa shape index (κ2) is 11.7. The van der Waals surface area contributed by atoms with Crippen LogP contribution in [-0.4, -0.2) is 12.6 Å². The summed E-state index contributed by atoms with van der Waals surface area (Å²) in [6.45, 7) is 6.38. The monoisotopic (exact) mass is 308 g/mol. The number of esters is 1. The molecule has 128 valence electrons. The average Bonchev–Trinajstić information content (AvgIpc) is 2.55. The van der Waals surface area contributed by atoms with E-state index in [9.17, 15) is 4.79 Å². The highest BCUT2D eigenvalue weighted by molar-refractivity contribution is 5.81. The minimum absolute atomic E-state index is 0.226. The lowest BCUT2D eigenvalue weighted by molar-refractivity contribution is -0.142. The first-order valence-electron chi connectivity index (χ1n) is 9.52. The van der Waals surface area contributed by atoms with Crippen LogP contribution in [0.15, 0.2) is 12.7 Å². The smallest absolute Gasteiger partial charge is 0.330 e. The average molecular weight is 309 g/mol. The molecule has 0 heterocycles. The first-order chi connectivity index (χ1) is 10.7. The van der Waals surface area contributed by atoms with Crippen LogP contribution in [0.2, 0.25) is 0 Å². The van der Waals surface area contributed by atoms with Crippen molar-refractivity contribution in [1.82, 2.24) is 0 Å². The quantitative estimate of drug-likeness (QED) is 0.303. The Morgan fingerprint density at radius 2 is 1.59 bits per heavy atom. The van der Waals surface area contributed by atoms with Crippen LogP contribution in [0.1, 0.15) is 96.8 Å². The van der Waals surface area contributed by atoms with Gasteiger partial charge in [-0.15, -0.1) is 0 Å². The lowest BCUT2D eigenvalue weighted by atomic mass is 9.74. The van der Waals surface area contributed by atoms with E-state index in [0.717, 1.165) is 0 Å². The van der Waals surface area contributed by atoms with Crippen molar-refractivity contribution in [2.24, 2.45) is 5.41 Å². The third-order valence-corrected chi connectivity index (χ3v) is 5.16. The molecule has 0 aromatic carbocycles. The minimum atomic E-state index is -0.259. The highest BCUT2D eigenvalue weighted by atomic mass is 16.5. The van der Waals surface area contributed by atoms with Crippen LogP contribution in [0.5, 0.6) is 0 Å². The molecule has 1 fully saturated rings. The molecule has 1 aliphatic carbocycles. The second-order valence-corrected chi connectivity index (χ2v) is 7.10. The van der Waals surface area contributed by atoms with Crippen LogP contribution in [0.3, 0.4) is 0 Å². The van der Waals surface area contributed by atoms with Gasteiger partial charge in [0.25, 0.3) is 0 Å². The largest absolute Gasteiger partial charge is 0.462 e. The molecule has 0 atom stereocenters. The number of hydrogen-bond donors (Lipinski definition) is 0. The van der Waals surface area contributed by atoms with Gasteiger partial charge in [0.2, 0.25) is 0 Å². The molecule has 2 heteroatoms. The Kier molecular flexibility index (Phi) is 10.3. The van der Waals surface area contributed by atoms with Gasteiger partial charge in [-0.2, -0.15) is 0 Å². The molecule has 1 saturated carbocycles. The van der Waals surface area contributed by atoms with Crippen molar-refractivity contribution in [2.45, 2.75) is 96.8 Å². The molecular formula is C20H36O2. The van der Waals surface area contributed by atoms with Crippen LogP contribution in [0.4, 0.5) is 0 Å². The van der Waals surface area contributed by atoms with E-state index in [1.54, 1.807) is 0 Å². The standard InChI is InChI=1S/C20H36O2/c1-3-5-6-12-15-20(18-22-19(21)4-2)16-13-10-8-7-9-11-14-17-20/h4H,2-3,5-18H2,1H3. The fourth-order valence-electron chi connectivity index (χ4n) is 3.69. The molecule has 2 nitrogen and oxygen atoms in total. The molecule has 0 amide bonds. The molecule has 1 rings (SSSR count). The van der Waals surface area contributed by atoms with Crippen molar-refractivity contribution in [3.05, 3.63) is 12.7 Å². The zero-order valence-corrected chi connectivity index (χ0v) is 14.7. The number of unbranched alkanes of at least 4 members (excludes halogenated alkanes) is 3. The highest BCUT2D eigenvalue weighted by Crippen LogP contribution is 2.38. The third kappa shape index (κ3) is 8.00. The Morgan fingerprint density at radius 1 is 1.00 bits per heavy atom. The van der Waals surface area contributed by atoms with Crippen molar-refractivity contribution in [3.8, 4) is 0 Å². The zero-order valence-electron chi connectivity index (χ0n) is 14.7. The molecule has 0 unspecified atom stereocenters. The summed E-state index contributed by atoms with van der Waals surface area (Å²) in [5.74, 6) is -0.259. The molecule has 0 N–H and O–H groups in total. The van der Waals surface area contributed by atoms with Gasteiger partial charge >= 0.3 is 5.97 Å². The van der Waals surface area contributed by atoms with Gasteiger partial charge in [0, 0.05) is 11.5 Å². The number of carbonyl (C=O) groups is 1. The van der Waals surface area contributed by atoms with Gasteiger partial charge < -0.3 is 4.74 Å². The van der Waals surface area contributed by atoms with E-state index in [4.69, 9.17) is 4.74 Å². The first kappa shape index (κ1) is 19.3. The molecule has 0 spiro atoms. The zero-order chi connectivity index (χ0) is 16.1. The molecule has 0 aromatic rings. The Hall–Kier alpha value is -0.790. The minimum Gasteiger partial charge on any atom is -0.462 e. The molecule has 0 radical (unpaired) electrons. The van der Waals surface area contributed by atoms with E-state index in [-0.39, 0.29) is 11.4 Å². The summed E-state index contributed by atoms with van der Waals surface area (Å²) >= 11 is 0. The van der Waals surface area contributed by atoms with E-state index in [1.165, 1.54) is 96.0 Å². The van der Waals surface area contributed by atoms with Gasteiger partial charge in [-0.25, -0.2) is 4.79 Å². The maximum absolute atomic E-state index is 11.5. The molecule has 22 heavy (non-hydrogen) atoms. The van der Waals surface area contributed by atoms with Crippen LogP contribution in [-0.2, 0) is 9.53 Å². The van der Waals surface area contributed by atoms with E-state index in [1.807, 2.05) is 0 Å². The van der Waals surface area contributed by atoms with E-state index in [2.05, 4.69) is 13.5 Å². The van der Waals surface area contributed by atoms with Gasteiger partial charge in [0.05, 0.1) is 6.61 Å². The first-order valence-corrected chi connectivity index (χ1v) is 9.52. The molecule has 0 aliphatic heterocycles. The summed E-state index contributed by atoms with van der Waals surface area (Å²) in [4.78, 5) is 11.5. The van der Waals surface area contributed by atoms with Gasteiger partial charge in [-0.3, -0.25) is 0 Å². The van der Waals surface area contributed by atoms with E-state index >= 15 is 0 Å². The van der Waals surface area contributed by atoms with Gasteiger partial charge in [-0.05, 0) is 19.3 Å². The maximum atomic E-state index is 11.5. The molecule has 0 saturated heterocycles. The summed E-state index contributed by atoms with van der Waals surface area (Å²) in [7, 11) is 0. The third-order valence-electron chi connectivity index (χ3n) is 5.16. The Balaban J connectivity index is 2.61. The Bertz CT molecular complexity index is 299. The summed E-state index contributed by atoms with van der Waals surface area (Å²) < 4.78 is 5.50. The van der Waals surface area contributed by atoms with Crippen molar-refractivity contribution < 1.29 is 9.53 Å². The van der Waals surface area contributed by atoms with Gasteiger partial charge in [0.15, 0.2) is 0 Å². The van der Waals surface area contributed by atoms with E-state index < -0.39 is 0 Å². The predicted molar refractivity (Wildman–Crippen MR) is 93.9 cm³/mol. The summed E-state index contributed by atoms with van der Waals surface area (Å²) in [5.41, 5.74) is 0.226. The fourth-order valence-corrected chi connectivity index (χ4v) is 3.69. The SMILES string of the molecule is C=CC(=O)OCC1(CCCCCC)CCCCCCCCC1. The lowest BCUT2D eigenvalue weighted by Gasteiger charge is -2.34. The maximum Gasteiger partial charge on any atom is 0.330 e. The Morgan fingerprint density at radius 3 is 2.14 bits per heavy atom. The van der Waals surface area contributed by atoms with Crippen molar-refractivity contribution >= 4 is 5.97 Å². The number of ether oxygens (including phenoxy) is 1. The normalized spacial score (nSPS) is 19.3. The number of hydrogen-bond acceptors (Lipinski definition) is 2. The predicted octanol–water partition coefficient (Wildman–Crippen LogP) is 6.20. The fraction of sp³-hybridized carbons (Fsp3) is 0.850. The van der Waals surface area contributed by atoms with Crippen molar-refractivity contribution in [1.29, 1.82) is 0 Å². The highest BCUT2D eigenvalue weighted by Gasteiger charge is 2.30. The van der Waals surface area contributed by atoms with Crippen LogP contribution >= 0.6 is 0 Å².